The molecule has 22 heteroatoms. The number of hydrogen-bond acceptors (Lipinski definition) is 14. The zero-order chi connectivity index (χ0) is 52.7. The fourth-order valence-corrected chi connectivity index (χ4v) is 11.4. The molecule has 22 nitrogen and oxygen atoms in total. The zero-order valence-corrected chi connectivity index (χ0v) is 42.7. The van der Waals surface area contributed by atoms with E-state index in [0.717, 1.165) is 25.7 Å². The summed E-state index contributed by atoms with van der Waals surface area (Å²) >= 11 is 0. The van der Waals surface area contributed by atoms with Crippen molar-refractivity contribution in [1.29, 1.82) is 0 Å². The summed E-state index contributed by atoms with van der Waals surface area (Å²) in [5, 5.41) is 57.6. The Kier molecular flexibility index (Phi) is 26.2. The fourth-order valence-electron chi connectivity index (χ4n) is 11.4. The van der Waals surface area contributed by atoms with Gasteiger partial charge in [0, 0.05) is 40.0 Å². The summed E-state index contributed by atoms with van der Waals surface area (Å²) in [4.78, 5) is 97.9. The largest absolute Gasteiger partial charge is 0.480 e. The third kappa shape index (κ3) is 19.1. The Bertz CT molecular complexity index is 1750. The lowest BCUT2D eigenvalue weighted by Crippen LogP contribution is -2.57. The van der Waals surface area contributed by atoms with Gasteiger partial charge in [-0.25, -0.2) is 9.59 Å². The summed E-state index contributed by atoms with van der Waals surface area (Å²) in [7, 11) is 2.83. The Morgan fingerprint density at radius 3 is 1.79 bits per heavy atom. The lowest BCUT2D eigenvalue weighted by molar-refractivity contribution is -0.164. The molecule has 0 aromatic heterocycles. The molecule has 3 rings (SSSR count). The van der Waals surface area contributed by atoms with E-state index >= 15 is 0 Å². The topological polar surface area (TPSA) is 327 Å². The second-order valence-electron chi connectivity index (χ2n) is 20.1. The maximum Gasteiger partial charge on any atom is 0.326 e. The molecule has 10 atom stereocenters. The second kappa shape index (κ2) is 30.5. The fraction of sp³-hybridized carbons (Fsp3) is 0.837. The van der Waals surface area contributed by atoms with Crippen LogP contribution in [0.5, 0.6) is 0 Å². The van der Waals surface area contributed by atoms with E-state index in [4.69, 9.17) is 18.9 Å². The molecule has 0 aromatic rings. The molecule has 10 N–H and O–H groups in total. The Balaban J connectivity index is 1.31. The molecule has 3 saturated carbocycles. The molecule has 3 aliphatic rings. The molecule has 0 heterocycles. The van der Waals surface area contributed by atoms with Gasteiger partial charge in [0.1, 0.15) is 18.7 Å². The van der Waals surface area contributed by atoms with Crippen molar-refractivity contribution in [3.05, 3.63) is 0 Å². The molecule has 0 radical (unpaired) electrons. The van der Waals surface area contributed by atoms with Gasteiger partial charge in [0.15, 0.2) is 6.29 Å². The Morgan fingerprint density at radius 2 is 1.21 bits per heavy atom. The Morgan fingerprint density at radius 1 is 0.662 bits per heavy atom. The molecule has 6 amide bonds. The van der Waals surface area contributed by atoms with E-state index < -0.39 is 89.8 Å². The lowest BCUT2D eigenvalue weighted by Gasteiger charge is -2.58. The highest BCUT2D eigenvalue weighted by Gasteiger charge is 2.62. The van der Waals surface area contributed by atoms with Crippen molar-refractivity contribution in [2.75, 3.05) is 66.8 Å². The van der Waals surface area contributed by atoms with E-state index in [9.17, 15) is 58.8 Å². The van der Waals surface area contributed by atoms with E-state index in [2.05, 4.69) is 52.7 Å². The van der Waals surface area contributed by atoms with Gasteiger partial charge in [-0.15, -0.1) is 0 Å². The third-order valence-corrected chi connectivity index (χ3v) is 15.4. The molecule has 0 saturated heterocycles. The zero-order valence-electron chi connectivity index (χ0n) is 42.7. The summed E-state index contributed by atoms with van der Waals surface area (Å²) in [6.07, 6.45) is 6.57. The molecule has 0 aliphatic heterocycles. The highest BCUT2D eigenvalue weighted by atomic mass is 16.7. The normalized spacial score (nSPS) is 24.3. The quantitative estimate of drug-likeness (QED) is 0.0324. The molecule has 406 valence electrons. The first-order valence-electron chi connectivity index (χ1n) is 25.4. The first-order chi connectivity index (χ1) is 33.7. The number of rotatable bonds is 33. The van der Waals surface area contributed by atoms with Crippen molar-refractivity contribution in [1.82, 2.24) is 31.9 Å². The van der Waals surface area contributed by atoms with Crippen LogP contribution in [-0.2, 0) is 57.3 Å². The average molecular weight is 1010 g/mol. The molecule has 3 aliphatic carbocycles. The summed E-state index contributed by atoms with van der Waals surface area (Å²) < 4.78 is 20.4. The van der Waals surface area contributed by atoms with E-state index in [0.29, 0.717) is 19.3 Å². The van der Waals surface area contributed by atoms with Crippen molar-refractivity contribution in [3.8, 4) is 0 Å². The summed E-state index contributed by atoms with van der Waals surface area (Å²) in [6, 6.07) is -2.83. The number of methoxy groups -OCH3 is 2. The highest BCUT2D eigenvalue weighted by Crippen LogP contribution is 2.65. The number of carbonyl (C=O) groups excluding carboxylic acids is 6. The van der Waals surface area contributed by atoms with Crippen molar-refractivity contribution in [2.45, 2.75) is 155 Å². The molecule has 71 heavy (non-hydrogen) atoms. The summed E-state index contributed by atoms with van der Waals surface area (Å²) in [5.41, 5.74) is -0.342. The molecule has 3 fully saturated rings. The first kappa shape index (κ1) is 60.8. The number of carbonyl (C=O) groups is 8. The highest BCUT2D eigenvalue weighted by molar-refractivity contribution is 5.88. The number of fused-ring (bicyclic) bond motifs is 1. The number of aliphatic hydroxyl groups excluding tert-OH is 2. The van der Waals surface area contributed by atoms with Crippen LogP contribution in [0.25, 0.3) is 0 Å². The minimum absolute atomic E-state index is 0.0242. The SMILES string of the molecule is CCC(O)C1C(C2(C)CCCCC2)CC(O)C2(C)C(C(C)CCC(=O)NC(CCC(=O)NC(CCC(=O)NCCOCCOCC(=O)NCC(=O)NCC(=O)NCC(OC)OC)C(=O)O)C(=O)O)CCC12. The van der Waals surface area contributed by atoms with Crippen LogP contribution in [0.4, 0.5) is 0 Å². The van der Waals surface area contributed by atoms with Gasteiger partial charge in [0.2, 0.25) is 35.4 Å². The van der Waals surface area contributed by atoms with E-state index in [1.165, 1.54) is 33.5 Å². The van der Waals surface area contributed by atoms with Crippen molar-refractivity contribution < 1.29 is 77.7 Å². The molecule has 0 bridgehead atoms. The molecule has 0 aromatic carbocycles. The van der Waals surface area contributed by atoms with Crippen LogP contribution in [0, 0.1) is 40.4 Å². The number of nitrogens with one attached hydrogen (secondary N) is 6. The standard InChI is InChI=1S/C49H84N6O16/c1-7-36(56)45-32-13-12-31(49(32,4)37(57)25-33(45)48(3)19-9-8-10-20-48)30(2)11-16-39(59)54-35(47(66)67)15-18-40(60)55-34(46(64)65)14-17-38(58)50-21-22-70-23-24-71-29-43(63)52-27-41(61)51-26-42(62)53-28-44(68-5)69-6/h30-37,44-45,56-57H,7-29H2,1-6H3,(H,50,58)(H,51,61)(H,52,63)(H,53,62)(H,54,59)(H,55,60)(H,64,65)(H,66,67). The van der Waals surface area contributed by atoms with Gasteiger partial charge in [-0.3, -0.25) is 28.8 Å². The Hall–Kier alpha value is -4.48. The monoisotopic (exact) mass is 1010 g/mol. The van der Waals surface area contributed by atoms with Gasteiger partial charge in [-0.2, -0.15) is 0 Å². The predicted octanol–water partition coefficient (Wildman–Crippen LogP) is 0.990. The van der Waals surface area contributed by atoms with E-state index in [1.54, 1.807) is 0 Å². The van der Waals surface area contributed by atoms with Crippen LogP contribution in [0.3, 0.4) is 0 Å². The number of hydrogen-bond donors (Lipinski definition) is 10. The van der Waals surface area contributed by atoms with Crippen LogP contribution in [0.2, 0.25) is 0 Å². The Labute approximate surface area is 417 Å². The lowest BCUT2D eigenvalue weighted by atomic mass is 9.48. The number of carboxylic acids is 2. The van der Waals surface area contributed by atoms with Gasteiger partial charge in [-0.1, -0.05) is 47.0 Å². The van der Waals surface area contributed by atoms with E-state index in [-0.39, 0.29) is 113 Å². The minimum Gasteiger partial charge on any atom is -0.480 e. The van der Waals surface area contributed by atoms with Crippen molar-refractivity contribution in [3.63, 3.8) is 0 Å². The molecule has 10 unspecified atom stereocenters. The van der Waals surface area contributed by atoms with Crippen LogP contribution < -0.4 is 31.9 Å². The predicted molar refractivity (Wildman–Crippen MR) is 257 cm³/mol. The number of amides is 6. The molecular formula is C49H84N6O16. The molecular weight excluding hydrogens is 929 g/mol. The average Bonchev–Trinajstić information content (AvgIpc) is 3.70. The first-order valence-corrected chi connectivity index (χ1v) is 25.4. The van der Waals surface area contributed by atoms with Gasteiger partial charge in [0.25, 0.3) is 0 Å². The van der Waals surface area contributed by atoms with Gasteiger partial charge < -0.3 is 71.3 Å². The summed E-state index contributed by atoms with van der Waals surface area (Å²) in [6.45, 7) is 7.92. The maximum absolute atomic E-state index is 13.2. The summed E-state index contributed by atoms with van der Waals surface area (Å²) in [5.74, 6) is -5.50. The van der Waals surface area contributed by atoms with Crippen LogP contribution in [-0.4, -0.2) is 165 Å². The maximum atomic E-state index is 13.2. The smallest absolute Gasteiger partial charge is 0.326 e. The second-order valence-corrected chi connectivity index (χ2v) is 20.1. The third-order valence-electron chi connectivity index (χ3n) is 15.4. The van der Waals surface area contributed by atoms with Gasteiger partial charge >= 0.3 is 11.9 Å². The minimum atomic E-state index is -1.43. The number of aliphatic carboxylic acids is 2. The van der Waals surface area contributed by atoms with Crippen molar-refractivity contribution >= 4 is 47.4 Å². The molecule has 0 spiro atoms. The van der Waals surface area contributed by atoms with Crippen LogP contribution in [0.1, 0.15) is 124 Å². The van der Waals surface area contributed by atoms with Crippen LogP contribution >= 0.6 is 0 Å². The van der Waals surface area contributed by atoms with Gasteiger partial charge in [-0.05, 0) is 98.2 Å². The van der Waals surface area contributed by atoms with Gasteiger partial charge in [0.05, 0.1) is 51.7 Å². The van der Waals surface area contributed by atoms with E-state index in [1.807, 2.05) is 6.92 Å². The van der Waals surface area contributed by atoms with Crippen molar-refractivity contribution in [2.24, 2.45) is 40.4 Å². The van der Waals surface area contributed by atoms with Crippen LogP contribution in [0.15, 0.2) is 0 Å². The number of carboxylic acid groups (broad SMARTS) is 2. The number of aliphatic hydroxyl groups is 2. The number of ether oxygens (including phenoxy) is 4.